The first-order valence-corrected chi connectivity index (χ1v) is 9.61. The number of hydrogen-bond donors (Lipinski definition) is 0. The van der Waals surface area contributed by atoms with Gasteiger partial charge in [-0.3, -0.25) is 14.6 Å². The van der Waals surface area contributed by atoms with Crippen molar-refractivity contribution in [1.29, 1.82) is 0 Å². The fourth-order valence-electron chi connectivity index (χ4n) is 3.55. The maximum Gasteiger partial charge on any atom is 0.223 e. The molecule has 1 saturated heterocycles. The number of ketones is 1. The van der Waals surface area contributed by atoms with Crippen LogP contribution >= 0.6 is 0 Å². The number of carbonyl (C=O) groups excluding carboxylic acids is 2. The monoisotopic (exact) mass is 382 g/mol. The fourth-order valence-corrected chi connectivity index (χ4v) is 3.55. The van der Waals surface area contributed by atoms with Gasteiger partial charge in [-0.2, -0.15) is 0 Å². The third-order valence-corrected chi connectivity index (χ3v) is 5.03. The van der Waals surface area contributed by atoms with E-state index in [1.807, 2.05) is 17.0 Å². The molecule has 6 heteroatoms. The first kappa shape index (κ1) is 19.9. The molecular weight excluding hydrogens is 356 g/mol. The van der Waals surface area contributed by atoms with Crippen molar-refractivity contribution in [2.24, 2.45) is 0 Å². The summed E-state index contributed by atoms with van der Waals surface area (Å²) in [6.07, 6.45) is 6.62. The average molecular weight is 382 g/mol. The second-order valence-corrected chi connectivity index (χ2v) is 6.90. The van der Waals surface area contributed by atoms with Gasteiger partial charge in [0.05, 0.1) is 19.8 Å². The molecular formula is C22H26N2O4. The predicted octanol–water partition coefficient (Wildman–Crippen LogP) is 3.82. The summed E-state index contributed by atoms with van der Waals surface area (Å²) in [4.78, 5) is 30.2. The second kappa shape index (κ2) is 9.35. The summed E-state index contributed by atoms with van der Waals surface area (Å²) < 4.78 is 11.1. The molecule has 148 valence electrons. The summed E-state index contributed by atoms with van der Waals surface area (Å²) in [6.45, 7) is 2.72. The maximum absolute atomic E-state index is 12.7. The van der Waals surface area contributed by atoms with Gasteiger partial charge in [0.25, 0.3) is 0 Å². The molecule has 1 fully saturated rings. The highest BCUT2D eigenvalue weighted by atomic mass is 16.5. The highest BCUT2D eigenvalue weighted by Crippen LogP contribution is 2.32. The van der Waals surface area contributed by atoms with E-state index in [1.54, 1.807) is 37.7 Å². The molecule has 1 amide bonds. The van der Waals surface area contributed by atoms with Crippen LogP contribution in [-0.4, -0.2) is 41.8 Å². The maximum atomic E-state index is 12.7. The van der Waals surface area contributed by atoms with E-state index in [0.29, 0.717) is 36.5 Å². The lowest BCUT2D eigenvalue weighted by molar-refractivity contribution is -0.132. The Bertz CT molecular complexity index is 823. The molecule has 28 heavy (non-hydrogen) atoms. The van der Waals surface area contributed by atoms with E-state index in [-0.39, 0.29) is 17.7 Å². The molecule has 0 radical (unpaired) electrons. The van der Waals surface area contributed by atoms with Crippen LogP contribution in [0.15, 0.2) is 42.7 Å². The van der Waals surface area contributed by atoms with Crippen molar-refractivity contribution in [3.63, 3.8) is 0 Å². The summed E-state index contributed by atoms with van der Waals surface area (Å²) in [5.74, 6) is 1.23. The lowest BCUT2D eigenvalue weighted by Crippen LogP contribution is -2.30. The van der Waals surface area contributed by atoms with Crippen LogP contribution in [0.4, 0.5) is 0 Å². The molecule has 0 unspecified atom stereocenters. The Morgan fingerprint density at radius 2 is 1.96 bits per heavy atom. The van der Waals surface area contributed by atoms with Crippen molar-refractivity contribution in [2.75, 3.05) is 20.3 Å². The van der Waals surface area contributed by atoms with Gasteiger partial charge < -0.3 is 14.4 Å². The van der Waals surface area contributed by atoms with E-state index in [2.05, 4.69) is 4.98 Å². The lowest BCUT2D eigenvalue weighted by atomic mass is 10.1. The molecule has 0 aliphatic carbocycles. The molecule has 0 saturated carbocycles. The Kier molecular flexibility index (Phi) is 6.63. The van der Waals surface area contributed by atoms with E-state index >= 15 is 0 Å². The van der Waals surface area contributed by atoms with Crippen LogP contribution in [-0.2, 0) is 4.79 Å². The van der Waals surface area contributed by atoms with Crippen molar-refractivity contribution in [3.8, 4) is 11.5 Å². The van der Waals surface area contributed by atoms with Crippen LogP contribution in [0.5, 0.6) is 11.5 Å². The third-order valence-electron chi connectivity index (χ3n) is 5.03. The molecule has 0 bridgehead atoms. The Morgan fingerprint density at radius 3 is 2.68 bits per heavy atom. The molecule has 1 atom stereocenters. The first-order valence-electron chi connectivity index (χ1n) is 9.61. The molecule has 2 heterocycles. The molecule has 0 spiro atoms. The van der Waals surface area contributed by atoms with Crippen LogP contribution in [0.1, 0.15) is 54.6 Å². The fraction of sp³-hybridized carbons (Fsp3) is 0.409. The molecule has 1 aromatic heterocycles. The number of nitrogens with zero attached hydrogens (tertiary/aromatic N) is 2. The number of ether oxygens (including phenoxy) is 2. The first-order chi connectivity index (χ1) is 13.6. The van der Waals surface area contributed by atoms with E-state index < -0.39 is 0 Å². The minimum Gasteiger partial charge on any atom is -0.493 e. The van der Waals surface area contributed by atoms with Crippen molar-refractivity contribution >= 4 is 11.7 Å². The zero-order valence-electron chi connectivity index (χ0n) is 16.4. The highest BCUT2D eigenvalue weighted by Gasteiger charge is 2.29. The smallest absolute Gasteiger partial charge is 0.223 e. The zero-order chi connectivity index (χ0) is 19.9. The number of benzene rings is 1. The van der Waals surface area contributed by atoms with Gasteiger partial charge in [0.2, 0.25) is 5.91 Å². The number of amides is 1. The molecule has 1 aliphatic rings. The van der Waals surface area contributed by atoms with Crippen LogP contribution in [0, 0.1) is 0 Å². The van der Waals surface area contributed by atoms with Gasteiger partial charge >= 0.3 is 0 Å². The van der Waals surface area contributed by atoms with Crippen molar-refractivity contribution in [2.45, 2.75) is 38.6 Å². The summed E-state index contributed by atoms with van der Waals surface area (Å²) in [5.41, 5.74) is 1.72. The number of carbonyl (C=O) groups is 2. The van der Waals surface area contributed by atoms with Gasteiger partial charge in [0.1, 0.15) is 0 Å². The lowest BCUT2D eigenvalue weighted by Gasteiger charge is -2.25. The Hall–Kier alpha value is -2.89. The minimum absolute atomic E-state index is 0.0233. The molecule has 3 rings (SSSR count). The van der Waals surface area contributed by atoms with Crippen LogP contribution in [0.25, 0.3) is 0 Å². The van der Waals surface area contributed by atoms with Crippen molar-refractivity contribution in [1.82, 2.24) is 9.88 Å². The summed E-state index contributed by atoms with van der Waals surface area (Å²) in [7, 11) is 1.54. The summed E-state index contributed by atoms with van der Waals surface area (Å²) in [5, 5.41) is 0. The average Bonchev–Trinajstić information content (AvgIpc) is 3.21. The normalized spacial score (nSPS) is 16.1. The second-order valence-electron chi connectivity index (χ2n) is 6.90. The zero-order valence-corrected chi connectivity index (χ0v) is 16.4. The number of aromatic nitrogens is 1. The van der Waals surface area contributed by atoms with Gasteiger partial charge in [-0.25, -0.2) is 0 Å². The largest absolute Gasteiger partial charge is 0.493 e. The number of hydrogen-bond acceptors (Lipinski definition) is 5. The van der Waals surface area contributed by atoms with E-state index in [9.17, 15) is 9.59 Å². The third kappa shape index (κ3) is 4.68. The topological polar surface area (TPSA) is 68.7 Å². The van der Waals surface area contributed by atoms with Crippen molar-refractivity contribution in [3.05, 3.63) is 53.9 Å². The molecule has 1 aliphatic heterocycles. The Morgan fingerprint density at radius 1 is 1.18 bits per heavy atom. The standard InChI is InChI=1S/C22H26N2O4/c1-16(25)18-7-8-20(21(15-18)27-2)28-14-4-6-22(26)24-13-3-5-19(24)17-9-11-23-12-10-17/h7-12,15,19H,3-6,13-14H2,1-2H3/t19-/m0/s1. The van der Waals surface area contributed by atoms with Crippen molar-refractivity contribution < 1.29 is 19.1 Å². The number of methoxy groups -OCH3 is 1. The molecule has 1 aromatic carbocycles. The van der Waals surface area contributed by atoms with Crippen LogP contribution in [0.2, 0.25) is 0 Å². The van der Waals surface area contributed by atoms with Gasteiger partial charge in [-0.05, 0) is 62.1 Å². The summed E-state index contributed by atoms with van der Waals surface area (Å²) >= 11 is 0. The Labute approximate surface area is 165 Å². The molecule has 2 aromatic rings. The van der Waals surface area contributed by atoms with Gasteiger partial charge in [-0.15, -0.1) is 0 Å². The number of pyridine rings is 1. The number of rotatable bonds is 8. The molecule has 0 N–H and O–H groups in total. The van der Waals surface area contributed by atoms with Gasteiger partial charge in [-0.1, -0.05) is 0 Å². The highest BCUT2D eigenvalue weighted by molar-refractivity contribution is 5.94. The van der Waals surface area contributed by atoms with Gasteiger partial charge in [0.15, 0.2) is 17.3 Å². The van der Waals surface area contributed by atoms with E-state index in [4.69, 9.17) is 9.47 Å². The van der Waals surface area contributed by atoms with Gasteiger partial charge in [0, 0.05) is 30.9 Å². The minimum atomic E-state index is -0.0233. The quantitative estimate of drug-likeness (QED) is 0.513. The molecule has 6 nitrogen and oxygen atoms in total. The number of likely N-dealkylation sites (tertiary alicyclic amines) is 1. The Balaban J connectivity index is 1.51. The van der Waals surface area contributed by atoms with E-state index in [1.165, 1.54) is 6.92 Å². The predicted molar refractivity (Wildman–Crippen MR) is 106 cm³/mol. The SMILES string of the molecule is COc1cc(C(C)=O)ccc1OCCCC(=O)N1CCC[C@H]1c1ccncc1. The summed E-state index contributed by atoms with van der Waals surface area (Å²) in [6, 6.07) is 9.24. The van der Waals surface area contributed by atoms with Crippen LogP contribution in [0.3, 0.4) is 0 Å². The number of Topliss-reactive ketones (excluding diaryl/α,β-unsaturated/α-hetero) is 1. The van der Waals surface area contributed by atoms with Crippen LogP contribution < -0.4 is 9.47 Å². The van der Waals surface area contributed by atoms with E-state index in [0.717, 1.165) is 24.9 Å².